The van der Waals surface area contributed by atoms with Crippen LogP contribution >= 0.6 is 0 Å². The monoisotopic (exact) mass is 449 g/mol. The highest BCUT2D eigenvalue weighted by atomic mass is 16.2. The van der Waals surface area contributed by atoms with Gasteiger partial charge >= 0.3 is 0 Å². The van der Waals surface area contributed by atoms with E-state index in [1.54, 1.807) is 25.1 Å². The van der Waals surface area contributed by atoms with Crippen LogP contribution in [0.25, 0.3) is 11.2 Å². The molecule has 2 fully saturated rings. The molecule has 4 heterocycles. The molecular weight excluding hydrogens is 422 g/mol. The maximum Gasteiger partial charge on any atom is 0.272 e. The molecule has 3 N–H and O–H groups in total. The van der Waals surface area contributed by atoms with Crippen LogP contribution in [0.2, 0.25) is 0 Å². The molecule has 1 saturated heterocycles. The smallest absolute Gasteiger partial charge is 0.272 e. The van der Waals surface area contributed by atoms with Gasteiger partial charge in [0, 0.05) is 36.5 Å². The zero-order valence-electron chi connectivity index (χ0n) is 18.6. The average Bonchev–Trinajstić information content (AvgIpc) is 3.28. The summed E-state index contributed by atoms with van der Waals surface area (Å²) >= 11 is 0. The Bertz CT molecular complexity index is 1260. The van der Waals surface area contributed by atoms with E-state index in [9.17, 15) is 14.4 Å². The number of hydrogen-bond donors (Lipinski definition) is 3. The van der Waals surface area contributed by atoms with Gasteiger partial charge in [0.2, 0.25) is 11.2 Å². The number of piperidine rings is 1. The van der Waals surface area contributed by atoms with E-state index < -0.39 is 0 Å². The first-order valence-electron chi connectivity index (χ1n) is 11.4. The maximum absolute atomic E-state index is 13.0. The molecule has 2 aliphatic rings. The molecule has 172 valence electrons. The second kappa shape index (κ2) is 8.42. The molecule has 10 heteroatoms. The Morgan fingerprint density at radius 3 is 2.73 bits per heavy atom. The van der Waals surface area contributed by atoms with Crippen molar-refractivity contribution in [3.8, 4) is 0 Å². The highest BCUT2D eigenvalue weighted by molar-refractivity contribution is 5.95. The normalized spacial score (nSPS) is 20.2. The van der Waals surface area contributed by atoms with Crippen LogP contribution in [-0.4, -0.2) is 61.2 Å². The first-order valence-corrected chi connectivity index (χ1v) is 11.4. The maximum atomic E-state index is 13.0. The molecule has 1 atom stereocenters. The summed E-state index contributed by atoms with van der Waals surface area (Å²) in [5.41, 5.74) is 2.16. The fourth-order valence-corrected chi connectivity index (χ4v) is 5.36. The minimum atomic E-state index is -0.275. The van der Waals surface area contributed by atoms with Crippen LogP contribution in [0.15, 0.2) is 29.1 Å². The van der Waals surface area contributed by atoms with Gasteiger partial charge in [0.1, 0.15) is 11.2 Å². The Morgan fingerprint density at radius 2 is 1.94 bits per heavy atom. The number of carbonyl (C=O) groups is 2. The lowest BCUT2D eigenvalue weighted by atomic mass is 9.64. The molecule has 3 aromatic heterocycles. The van der Waals surface area contributed by atoms with Crippen LogP contribution in [0.5, 0.6) is 0 Å². The molecule has 0 bridgehead atoms. The number of nitrogens with zero attached hydrogens (tertiary/aromatic N) is 4. The molecule has 1 aliphatic heterocycles. The summed E-state index contributed by atoms with van der Waals surface area (Å²) in [6.07, 6.45) is 5.76. The van der Waals surface area contributed by atoms with E-state index in [1.807, 2.05) is 4.90 Å². The SMILES string of the molecule is Cc1cc(C(=O)NC2CCCCC23CCN(C(=O)c2ccc4n[nH]nc4n2)CC3)cc(=O)[nH]1. The molecule has 0 aromatic carbocycles. The summed E-state index contributed by atoms with van der Waals surface area (Å²) < 4.78 is 0. The summed E-state index contributed by atoms with van der Waals surface area (Å²) in [6, 6.07) is 6.50. The van der Waals surface area contributed by atoms with Gasteiger partial charge in [0.05, 0.1) is 0 Å². The highest BCUT2D eigenvalue weighted by Gasteiger charge is 2.44. The number of carbonyl (C=O) groups excluding carboxylic acids is 2. The molecule has 10 nitrogen and oxygen atoms in total. The topological polar surface area (TPSA) is 137 Å². The number of likely N-dealkylation sites (tertiary alicyclic amines) is 1. The third-order valence-electron chi connectivity index (χ3n) is 7.15. The van der Waals surface area contributed by atoms with Crippen molar-refractivity contribution in [1.82, 2.24) is 35.6 Å². The van der Waals surface area contributed by atoms with Crippen molar-refractivity contribution >= 4 is 23.0 Å². The Kier molecular flexibility index (Phi) is 5.43. The number of aromatic nitrogens is 5. The van der Waals surface area contributed by atoms with Crippen LogP contribution in [0, 0.1) is 12.3 Å². The number of amides is 2. The Labute approximate surface area is 190 Å². The zero-order chi connectivity index (χ0) is 23.0. The fourth-order valence-electron chi connectivity index (χ4n) is 5.36. The third-order valence-corrected chi connectivity index (χ3v) is 7.15. The quantitative estimate of drug-likeness (QED) is 0.559. The van der Waals surface area contributed by atoms with Crippen LogP contribution in [-0.2, 0) is 0 Å². The molecule has 1 aliphatic carbocycles. The van der Waals surface area contributed by atoms with E-state index in [0.29, 0.717) is 41.2 Å². The largest absolute Gasteiger partial charge is 0.349 e. The Morgan fingerprint density at radius 1 is 1.12 bits per heavy atom. The van der Waals surface area contributed by atoms with Crippen molar-refractivity contribution in [3.63, 3.8) is 0 Å². The number of aryl methyl sites for hydroxylation is 1. The second-order valence-corrected chi connectivity index (χ2v) is 9.21. The molecule has 3 aromatic rings. The number of rotatable bonds is 3. The Hall–Kier alpha value is -3.56. The molecule has 33 heavy (non-hydrogen) atoms. The fraction of sp³-hybridized carbons (Fsp3) is 0.478. The summed E-state index contributed by atoms with van der Waals surface area (Å²) in [4.78, 5) is 46.6. The van der Waals surface area contributed by atoms with Gasteiger partial charge in [-0.2, -0.15) is 10.3 Å². The van der Waals surface area contributed by atoms with E-state index in [2.05, 4.69) is 30.7 Å². The number of fused-ring (bicyclic) bond motifs is 1. The molecule has 1 saturated carbocycles. The van der Waals surface area contributed by atoms with Crippen molar-refractivity contribution in [1.29, 1.82) is 0 Å². The first-order chi connectivity index (χ1) is 15.9. The van der Waals surface area contributed by atoms with Crippen LogP contribution in [0.3, 0.4) is 0 Å². The number of aromatic amines is 2. The molecule has 1 unspecified atom stereocenters. The molecular formula is C23H27N7O3. The van der Waals surface area contributed by atoms with E-state index in [1.165, 1.54) is 6.07 Å². The predicted molar refractivity (Wildman–Crippen MR) is 121 cm³/mol. The third kappa shape index (κ3) is 4.12. The van der Waals surface area contributed by atoms with Crippen LogP contribution in [0.4, 0.5) is 0 Å². The lowest BCUT2D eigenvalue weighted by Gasteiger charge is -2.49. The van der Waals surface area contributed by atoms with Gasteiger partial charge in [-0.3, -0.25) is 14.4 Å². The van der Waals surface area contributed by atoms with Crippen molar-refractivity contribution in [2.75, 3.05) is 13.1 Å². The average molecular weight is 450 g/mol. The van der Waals surface area contributed by atoms with Crippen molar-refractivity contribution in [2.24, 2.45) is 5.41 Å². The molecule has 1 spiro atoms. The number of nitrogens with one attached hydrogen (secondary N) is 3. The number of hydrogen-bond acceptors (Lipinski definition) is 6. The van der Waals surface area contributed by atoms with Gasteiger partial charge in [-0.15, -0.1) is 5.10 Å². The molecule has 0 radical (unpaired) electrons. The van der Waals surface area contributed by atoms with E-state index in [4.69, 9.17) is 0 Å². The highest BCUT2D eigenvalue weighted by Crippen LogP contribution is 2.45. The van der Waals surface area contributed by atoms with Gasteiger partial charge < -0.3 is 15.2 Å². The van der Waals surface area contributed by atoms with E-state index in [0.717, 1.165) is 38.5 Å². The second-order valence-electron chi connectivity index (χ2n) is 9.21. The van der Waals surface area contributed by atoms with E-state index >= 15 is 0 Å². The van der Waals surface area contributed by atoms with Crippen LogP contribution in [0.1, 0.15) is 65.1 Å². The van der Waals surface area contributed by atoms with Crippen LogP contribution < -0.4 is 10.9 Å². The standard InChI is InChI=1S/C23H27N7O3/c1-14-12-15(13-19(31)24-14)21(32)26-18-4-2-3-7-23(18)8-10-30(11-9-23)22(33)17-6-5-16-20(25-17)28-29-27-16/h5-6,12-13,18H,2-4,7-11H2,1H3,(H,24,31)(H,26,32)(H,25,27,28,29). The number of pyridine rings is 2. The Balaban J connectivity index is 1.28. The molecule has 5 rings (SSSR count). The van der Waals surface area contributed by atoms with Gasteiger partial charge in [-0.05, 0) is 56.2 Å². The minimum Gasteiger partial charge on any atom is -0.349 e. The summed E-state index contributed by atoms with van der Waals surface area (Å²) in [5.74, 6) is -0.316. The summed E-state index contributed by atoms with van der Waals surface area (Å²) in [7, 11) is 0. The van der Waals surface area contributed by atoms with E-state index in [-0.39, 0.29) is 28.8 Å². The lowest BCUT2D eigenvalue weighted by molar-refractivity contribution is 0.0283. The number of H-pyrrole nitrogens is 2. The van der Waals surface area contributed by atoms with Gasteiger partial charge in [0.15, 0.2) is 0 Å². The predicted octanol–water partition coefficient (Wildman–Crippen LogP) is 1.94. The summed E-state index contributed by atoms with van der Waals surface area (Å²) in [5, 5.41) is 13.7. The van der Waals surface area contributed by atoms with Crippen molar-refractivity contribution in [3.05, 3.63) is 51.6 Å². The van der Waals surface area contributed by atoms with Gasteiger partial charge in [-0.1, -0.05) is 12.8 Å². The van der Waals surface area contributed by atoms with Gasteiger partial charge in [0.25, 0.3) is 11.8 Å². The van der Waals surface area contributed by atoms with Crippen molar-refractivity contribution in [2.45, 2.75) is 51.5 Å². The zero-order valence-corrected chi connectivity index (χ0v) is 18.6. The van der Waals surface area contributed by atoms with Crippen molar-refractivity contribution < 1.29 is 9.59 Å². The molecule has 2 amide bonds. The lowest BCUT2D eigenvalue weighted by Crippen LogP contribution is -2.55. The first kappa shape index (κ1) is 21.3. The minimum absolute atomic E-state index is 0.0280. The summed E-state index contributed by atoms with van der Waals surface area (Å²) in [6.45, 7) is 3.00. The van der Waals surface area contributed by atoms with Gasteiger partial charge in [-0.25, -0.2) is 4.98 Å².